The number of hydrogen-bond donors (Lipinski definition) is 1. The molecule has 0 spiro atoms. The van der Waals surface area contributed by atoms with Crippen LogP contribution >= 0.6 is 11.6 Å². The second-order valence-electron chi connectivity index (χ2n) is 9.76. The molecule has 5 heteroatoms. The second kappa shape index (κ2) is 7.94. The van der Waals surface area contributed by atoms with Gasteiger partial charge in [0.15, 0.2) is 11.5 Å². The van der Waals surface area contributed by atoms with Crippen LogP contribution in [0.2, 0.25) is 5.02 Å². The van der Waals surface area contributed by atoms with Crippen LogP contribution in [-0.2, 0) is 28.5 Å². The van der Waals surface area contributed by atoms with E-state index in [1.54, 1.807) is 18.1 Å². The summed E-state index contributed by atoms with van der Waals surface area (Å²) in [6.07, 6.45) is 2.27. The molecule has 0 amide bonds. The Kier molecular flexibility index (Phi) is 5.86. The first-order valence-electron chi connectivity index (χ1n) is 10.0. The number of rotatable bonds is 4. The third kappa shape index (κ3) is 4.61. The average molecular weight is 426 g/mol. The van der Waals surface area contributed by atoms with E-state index in [2.05, 4.69) is 46.5 Å². The molecule has 1 N–H and O–H groups in total. The van der Waals surface area contributed by atoms with Crippen molar-refractivity contribution in [2.75, 3.05) is 0 Å². The number of aromatic nitrogens is 1. The number of benzene rings is 2. The maximum atomic E-state index is 10.9. The van der Waals surface area contributed by atoms with E-state index in [-0.39, 0.29) is 10.8 Å². The first-order valence-corrected chi connectivity index (χ1v) is 10.4. The zero-order valence-electron chi connectivity index (χ0n) is 18.4. The predicted molar refractivity (Wildman–Crippen MR) is 121 cm³/mol. The molecule has 0 unspecified atom stereocenters. The molecule has 158 valence electrons. The van der Waals surface area contributed by atoms with E-state index in [0.29, 0.717) is 40.6 Å². The number of allylic oxidation sites excluding steroid dienone is 1. The van der Waals surface area contributed by atoms with Crippen molar-refractivity contribution in [2.24, 2.45) is 0 Å². The van der Waals surface area contributed by atoms with Crippen LogP contribution in [0.25, 0.3) is 11.1 Å². The molecule has 0 atom stereocenters. The number of phenolic OH excluding ortho intramolecular Hbond substituents is 1. The lowest BCUT2D eigenvalue weighted by Crippen LogP contribution is -2.18. The molecule has 0 aliphatic carbocycles. The van der Waals surface area contributed by atoms with Crippen molar-refractivity contribution in [3.63, 3.8) is 0 Å². The standard InChI is InChI=1S/C25H28ClNO3/c1-24(2,3)18-10-15(11-19(22(18)29)25(4,5)6)12-21-27-20-14-17(26)13-16(8-7-9-28)23(20)30-21/h7,10-11,13-14,29H,8,12H2,1-6H3. The smallest absolute Gasteiger partial charge is 0.199 e. The third-order valence-electron chi connectivity index (χ3n) is 5.12. The molecular formula is C25H28ClNO3. The number of aromatic hydroxyl groups is 1. The van der Waals surface area contributed by atoms with Crippen LogP contribution in [0.3, 0.4) is 0 Å². The number of carbonyl (C=O) groups excluding carboxylic acids is 1. The fourth-order valence-corrected chi connectivity index (χ4v) is 3.84. The van der Waals surface area contributed by atoms with Crippen molar-refractivity contribution in [2.45, 2.75) is 65.2 Å². The minimum atomic E-state index is -0.205. The highest BCUT2D eigenvalue weighted by molar-refractivity contribution is 6.31. The average Bonchev–Trinajstić information content (AvgIpc) is 3.01. The Hall–Kier alpha value is -2.55. The van der Waals surface area contributed by atoms with Crippen LogP contribution in [0.5, 0.6) is 5.75 Å². The maximum absolute atomic E-state index is 10.9. The number of oxazole rings is 1. The summed E-state index contributed by atoms with van der Waals surface area (Å²) in [6, 6.07) is 7.60. The van der Waals surface area contributed by atoms with Crippen molar-refractivity contribution in [1.82, 2.24) is 4.98 Å². The molecule has 3 rings (SSSR count). The minimum Gasteiger partial charge on any atom is -0.507 e. The van der Waals surface area contributed by atoms with E-state index < -0.39 is 0 Å². The Morgan fingerprint density at radius 2 is 1.67 bits per heavy atom. The Bertz CT molecular complexity index is 1100. The molecule has 0 aliphatic heterocycles. The fraction of sp³-hybridized carbons (Fsp3) is 0.400. The Labute approximate surface area is 182 Å². The van der Waals surface area contributed by atoms with E-state index in [9.17, 15) is 9.90 Å². The molecule has 0 fully saturated rings. The van der Waals surface area contributed by atoms with Gasteiger partial charge in [0.25, 0.3) is 0 Å². The lowest BCUT2D eigenvalue weighted by Gasteiger charge is -2.28. The molecule has 0 saturated carbocycles. The maximum Gasteiger partial charge on any atom is 0.199 e. The molecule has 0 radical (unpaired) electrons. The molecule has 2 aromatic carbocycles. The highest BCUT2D eigenvalue weighted by Crippen LogP contribution is 2.40. The van der Waals surface area contributed by atoms with Crippen LogP contribution in [0.15, 0.2) is 34.8 Å². The lowest BCUT2D eigenvalue weighted by molar-refractivity contribution is 0.422. The van der Waals surface area contributed by atoms with Crippen molar-refractivity contribution in [3.8, 4) is 5.75 Å². The summed E-state index contributed by atoms with van der Waals surface area (Å²) in [5.41, 5.74) is 4.52. The summed E-state index contributed by atoms with van der Waals surface area (Å²) >= 11 is 6.21. The summed E-state index contributed by atoms with van der Waals surface area (Å²) in [6.45, 7) is 12.5. The summed E-state index contributed by atoms with van der Waals surface area (Å²) < 4.78 is 6.05. The van der Waals surface area contributed by atoms with Gasteiger partial charge in [-0.25, -0.2) is 9.78 Å². The molecule has 1 aromatic heterocycles. The van der Waals surface area contributed by atoms with E-state index in [1.807, 2.05) is 12.1 Å². The molecule has 0 saturated heterocycles. The lowest BCUT2D eigenvalue weighted by atomic mass is 9.78. The number of nitrogens with zero attached hydrogens (tertiary/aromatic N) is 1. The van der Waals surface area contributed by atoms with E-state index in [0.717, 1.165) is 22.3 Å². The molecule has 0 aliphatic rings. The van der Waals surface area contributed by atoms with Gasteiger partial charge in [-0.3, -0.25) is 0 Å². The molecule has 4 nitrogen and oxygen atoms in total. The Morgan fingerprint density at radius 3 is 2.20 bits per heavy atom. The topological polar surface area (TPSA) is 63.3 Å². The number of hydrogen-bond acceptors (Lipinski definition) is 4. The summed E-state index contributed by atoms with van der Waals surface area (Å²) in [5.74, 6) is 2.71. The van der Waals surface area contributed by atoms with Crippen molar-refractivity contribution in [1.29, 1.82) is 0 Å². The van der Waals surface area contributed by atoms with Gasteiger partial charge in [-0.1, -0.05) is 65.3 Å². The molecule has 1 heterocycles. The summed E-state index contributed by atoms with van der Waals surface area (Å²) in [4.78, 5) is 15.2. The molecular weight excluding hydrogens is 398 g/mol. The molecule has 0 bridgehead atoms. The number of halogens is 1. The second-order valence-corrected chi connectivity index (χ2v) is 10.2. The molecule has 30 heavy (non-hydrogen) atoms. The van der Waals surface area contributed by atoms with Gasteiger partial charge >= 0.3 is 0 Å². The van der Waals surface area contributed by atoms with Gasteiger partial charge in [0, 0.05) is 29.5 Å². The largest absolute Gasteiger partial charge is 0.507 e. The van der Waals surface area contributed by atoms with Gasteiger partial charge in [-0.05, 0) is 39.7 Å². The van der Waals surface area contributed by atoms with Gasteiger partial charge in [-0.2, -0.15) is 0 Å². The predicted octanol–water partition coefficient (Wildman–Crippen LogP) is 6.30. The van der Waals surface area contributed by atoms with E-state index >= 15 is 0 Å². The highest BCUT2D eigenvalue weighted by atomic mass is 35.5. The van der Waals surface area contributed by atoms with Crippen LogP contribution in [0.4, 0.5) is 0 Å². The zero-order chi connectivity index (χ0) is 22.3. The van der Waals surface area contributed by atoms with Crippen LogP contribution in [0, 0.1) is 0 Å². The SMILES string of the molecule is CC(C)(C)c1cc(Cc2nc3cc(Cl)cc(CC=C=O)c3o2)cc(C(C)(C)C)c1O. The first-order chi connectivity index (χ1) is 13.9. The van der Waals surface area contributed by atoms with E-state index in [4.69, 9.17) is 16.0 Å². The highest BCUT2D eigenvalue weighted by Gasteiger charge is 2.27. The zero-order valence-corrected chi connectivity index (χ0v) is 19.1. The first kappa shape index (κ1) is 22.1. The third-order valence-corrected chi connectivity index (χ3v) is 5.34. The number of phenols is 1. The Balaban J connectivity index is 2.10. The Morgan fingerprint density at radius 1 is 1.07 bits per heavy atom. The van der Waals surface area contributed by atoms with Crippen LogP contribution in [0.1, 0.15) is 69.7 Å². The normalized spacial score (nSPS) is 12.2. The molecule has 3 aromatic rings. The van der Waals surface area contributed by atoms with Crippen molar-refractivity contribution >= 4 is 28.6 Å². The summed E-state index contributed by atoms with van der Waals surface area (Å²) in [5, 5.41) is 11.5. The van der Waals surface area contributed by atoms with Crippen molar-refractivity contribution in [3.05, 3.63) is 63.5 Å². The van der Waals surface area contributed by atoms with Gasteiger partial charge in [0.2, 0.25) is 0 Å². The van der Waals surface area contributed by atoms with Crippen LogP contribution in [-0.4, -0.2) is 16.0 Å². The fourth-order valence-electron chi connectivity index (χ4n) is 3.60. The monoisotopic (exact) mass is 425 g/mol. The van der Waals surface area contributed by atoms with Gasteiger partial charge in [0.1, 0.15) is 17.2 Å². The van der Waals surface area contributed by atoms with Crippen molar-refractivity contribution < 1.29 is 14.3 Å². The van der Waals surface area contributed by atoms with Gasteiger partial charge < -0.3 is 9.52 Å². The minimum absolute atomic E-state index is 0.205. The van der Waals surface area contributed by atoms with E-state index in [1.165, 1.54) is 6.08 Å². The quantitative estimate of drug-likeness (QED) is 0.498. The summed E-state index contributed by atoms with van der Waals surface area (Å²) in [7, 11) is 0. The van der Waals surface area contributed by atoms with Crippen LogP contribution < -0.4 is 0 Å². The number of fused-ring (bicyclic) bond motifs is 1. The van der Waals surface area contributed by atoms with Gasteiger partial charge in [-0.15, -0.1) is 0 Å². The van der Waals surface area contributed by atoms with Gasteiger partial charge in [0.05, 0.1) is 0 Å².